The van der Waals surface area contributed by atoms with Crippen LogP contribution in [0.5, 0.6) is 0 Å². The third-order valence-corrected chi connectivity index (χ3v) is 3.56. The SMILES string of the molecule is CNC(=O)CC(CN)N1CC2CCC(C1)O2. The van der Waals surface area contributed by atoms with Gasteiger partial charge in [0.15, 0.2) is 0 Å². The molecule has 3 unspecified atom stereocenters. The number of ether oxygens (including phenoxy) is 1. The third kappa shape index (κ3) is 2.53. The van der Waals surface area contributed by atoms with E-state index in [2.05, 4.69) is 10.2 Å². The molecule has 2 saturated heterocycles. The molecule has 0 saturated carbocycles. The van der Waals surface area contributed by atoms with Crippen LogP contribution in [0.2, 0.25) is 0 Å². The predicted molar refractivity (Wildman–Crippen MR) is 61.0 cm³/mol. The molecule has 2 rings (SSSR count). The summed E-state index contributed by atoms with van der Waals surface area (Å²) in [6.07, 6.45) is 3.51. The number of nitrogens with two attached hydrogens (primary N) is 1. The molecule has 1 amide bonds. The summed E-state index contributed by atoms with van der Waals surface area (Å²) >= 11 is 0. The summed E-state index contributed by atoms with van der Waals surface area (Å²) in [6, 6.07) is 0.159. The summed E-state index contributed by atoms with van der Waals surface area (Å²) in [6.45, 7) is 2.39. The molecule has 0 aromatic carbocycles. The van der Waals surface area contributed by atoms with E-state index in [-0.39, 0.29) is 11.9 Å². The van der Waals surface area contributed by atoms with Gasteiger partial charge >= 0.3 is 0 Å². The second-order valence-electron chi connectivity index (χ2n) is 4.68. The molecule has 2 heterocycles. The van der Waals surface area contributed by atoms with Crippen molar-refractivity contribution in [1.82, 2.24) is 10.2 Å². The molecule has 2 fully saturated rings. The van der Waals surface area contributed by atoms with E-state index in [4.69, 9.17) is 10.5 Å². The van der Waals surface area contributed by atoms with Gasteiger partial charge in [0.2, 0.25) is 5.91 Å². The average molecular weight is 227 g/mol. The molecule has 0 aromatic heterocycles. The van der Waals surface area contributed by atoms with Gasteiger partial charge in [-0.05, 0) is 12.8 Å². The topological polar surface area (TPSA) is 67.6 Å². The van der Waals surface area contributed by atoms with E-state index in [0.29, 0.717) is 25.2 Å². The van der Waals surface area contributed by atoms with Crippen molar-refractivity contribution in [3.05, 3.63) is 0 Å². The number of fused-ring (bicyclic) bond motifs is 2. The largest absolute Gasteiger partial charge is 0.372 e. The lowest BCUT2D eigenvalue weighted by Gasteiger charge is -2.37. The molecular formula is C11H21N3O2. The fourth-order valence-electron chi connectivity index (χ4n) is 2.62. The lowest BCUT2D eigenvalue weighted by Crippen LogP contribution is -2.51. The van der Waals surface area contributed by atoms with Crippen molar-refractivity contribution in [2.24, 2.45) is 5.73 Å². The monoisotopic (exact) mass is 227 g/mol. The van der Waals surface area contributed by atoms with Gasteiger partial charge in [-0.2, -0.15) is 0 Å². The van der Waals surface area contributed by atoms with Crippen LogP contribution in [-0.4, -0.2) is 55.7 Å². The summed E-state index contributed by atoms with van der Waals surface area (Å²) in [5, 5.41) is 2.65. The molecule has 16 heavy (non-hydrogen) atoms. The van der Waals surface area contributed by atoms with Gasteiger partial charge < -0.3 is 15.8 Å². The molecule has 5 nitrogen and oxygen atoms in total. The molecule has 5 heteroatoms. The first-order valence-electron chi connectivity index (χ1n) is 6.03. The maximum absolute atomic E-state index is 11.4. The molecule has 0 aliphatic carbocycles. The number of hydrogen-bond donors (Lipinski definition) is 2. The second-order valence-corrected chi connectivity index (χ2v) is 4.68. The highest BCUT2D eigenvalue weighted by Gasteiger charge is 2.36. The number of carbonyl (C=O) groups is 1. The summed E-state index contributed by atoms with van der Waals surface area (Å²) in [5.74, 6) is 0.0642. The Hall–Kier alpha value is -0.650. The van der Waals surface area contributed by atoms with Crippen molar-refractivity contribution in [3.8, 4) is 0 Å². The zero-order chi connectivity index (χ0) is 11.5. The Labute approximate surface area is 96.3 Å². The first-order valence-corrected chi connectivity index (χ1v) is 6.03. The second kappa shape index (κ2) is 5.12. The minimum Gasteiger partial charge on any atom is -0.372 e. The van der Waals surface area contributed by atoms with Crippen molar-refractivity contribution in [3.63, 3.8) is 0 Å². The fraction of sp³-hybridized carbons (Fsp3) is 0.909. The van der Waals surface area contributed by atoms with E-state index in [1.165, 1.54) is 0 Å². The van der Waals surface area contributed by atoms with Crippen LogP contribution < -0.4 is 11.1 Å². The highest BCUT2D eigenvalue weighted by molar-refractivity contribution is 5.76. The lowest BCUT2D eigenvalue weighted by atomic mass is 10.1. The van der Waals surface area contributed by atoms with Crippen molar-refractivity contribution in [1.29, 1.82) is 0 Å². The van der Waals surface area contributed by atoms with Crippen LogP contribution in [0.25, 0.3) is 0 Å². The summed E-state index contributed by atoms with van der Waals surface area (Å²) < 4.78 is 5.77. The number of likely N-dealkylation sites (tertiary alicyclic amines) is 1. The van der Waals surface area contributed by atoms with Gasteiger partial charge in [0.05, 0.1) is 12.2 Å². The minimum absolute atomic E-state index is 0.0642. The molecule has 2 aliphatic heterocycles. The number of hydrogen-bond acceptors (Lipinski definition) is 4. The number of nitrogens with one attached hydrogen (secondary N) is 1. The molecule has 2 bridgehead atoms. The molecule has 92 valence electrons. The number of rotatable bonds is 4. The molecule has 0 spiro atoms. The quantitative estimate of drug-likeness (QED) is 0.667. The number of nitrogens with zero attached hydrogens (tertiary/aromatic N) is 1. The van der Waals surface area contributed by atoms with Crippen LogP contribution in [-0.2, 0) is 9.53 Å². The molecular weight excluding hydrogens is 206 g/mol. The van der Waals surface area contributed by atoms with Gasteiger partial charge in [-0.1, -0.05) is 0 Å². The smallest absolute Gasteiger partial charge is 0.221 e. The molecule has 3 N–H and O–H groups in total. The highest BCUT2D eigenvalue weighted by Crippen LogP contribution is 2.27. The van der Waals surface area contributed by atoms with E-state index in [1.807, 2.05) is 0 Å². The van der Waals surface area contributed by atoms with Crippen molar-refractivity contribution in [2.75, 3.05) is 26.7 Å². The lowest BCUT2D eigenvalue weighted by molar-refractivity contribution is -0.123. The van der Waals surface area contributed by atoms with Gasteiger partial charge in [0.25, 0.3) is 0 Å². The summed E-state index contributed by atoms with van der Waals surface area (Å²) in [5.41, 5.74) is 5.76. The normalized spacial score (nSPS) is 31.4. The van der Waals surface area contributed by atoms with Crippen LogP contribution in [0.4, 0.5) is 0 Å². The van der Waals surface area contributed by atoms with E-state index in [9.17, 15) is 4.79 Å². The Kier molecular flexibility index (Phi) is 3.78. The van der Waals surface area contributed by atoms with Crippen LogP contribution in [0.15, 0.2) is 0 Å². The van der Waals surface area contributed by atoms with Crippen molar-refractivity contribution >= 4 is 5.91 Å². The van der Waals surface area contributed by atoms with Crippen molar-refractivity contribution in [2.45, 2.75) is 37.5 Å². The fourth-order valence-corrected chi connectivity index (χ4v) is 2.62. The van der Waals surface area contributed by atoms with Gasteiger partial charge in [-0.3, -0.25) is 9.69 Å². The summed E-state index contributed by atoms with van der Waals surface area (Å²) in [7, 11) is 1.67. The van der Waals surface area contributed by atoms with E-state index >= 15 is 0 Å². The number of morpholine rings is 1. The van der Waals surface area contributed by atoms with Gasteiger partial charge in [-0.25, -0.2) is 0 Å². The molecule has 2 aliphatic rings. The van der Waals surface area contributed by atoms with Gasteiger partial charge in [0, 0.05) is 39.1 Å². The molecule has 0 aromatic rings. The first-order chi connectivity index (χ1) is 7.72. The Bertz CT molecular complexity index is 248. The van der Waals surface area contributed by atoms with Gasteiger partial charge in [-0.15, -0.1) is 0 Å². The van der Waals surface area contributed by atoms with E-state index in [1.54, 1.807) is 7.05 Å². The Balaban J connectivity index is 1.91. The Morgan fingerprint density at radius 3 is 2.62 bits per heavy atom. The summed E-state index contributed by atoms with van der Waals surface area (Å²) in [4.78, 5) is 13.7. The standard InChI is InChI=1S/C11H21N3O2/c1-13-11(15)4-8(5-12)14-6-9-2-3-10(7-14)16-9/h8-10H,2-7,12H2,1H3,(H,13,15). The highest BCUT2D eigenvalue weighted by atomic mass is 16.5. The maximum Gasteiger partial charge on any atom is 0.221 e. The molecule has 0 radical (unpaired) electrons. The zero-order valence-electron chi connectivity index (χ0n) is 9.82. The zero-order valence-corrected chi connectivity index (χ0v) is 9.82. The van der Waals surface area contributed by atoms with Crippen LogP contribution in [0, 0.1) is 0 Å². The Morgan fingerprint density at radius 1 is 1.50 bits per heavy atom. The van der Waals surface area contributed by atoms with Crippen LogP contribution >= 0.6 is 0 Å². The van der Waals surface area contributed by atoms with Crippen LogP contribution in [0.1, 0.15) is 19.3 Å². The minimum atomic E-state index is 0.0642. The van der Waals surface area contributed by atoms with E-state index < -0.39 is 0 Å². The maximum atomic E-state index is 11.4. The van der Waals surface area contributed by atoms with Gasteiger partial charge in [0.1, 0.15) is 0 Å². The number of carbonyl (C=O) groups excluding carboxylic acids is 1. The number of amides is 1. The first kappa shape index (κ1) is 11.8. The average Bonchev–Trinajstić information content (AvgIpc) is 2.64. The van der Waals surface area contributed by atoms with Crippen molar-refractivity contribution < 1.29 is 9.53 Å². The predicted octanol–water partition coefficient (Wildman–Crippen LogP) is -0.687. The van der Waals surface area contributed by atoms with E-state index in [0.717, 1.165) is 25.9 Å². The molecule has 3 atom stereocenters. The Morgan fingerprint density at radius 2 is 2.12 bits per heavy atom. The van der Waals surface area contributed by atoms with Crippen LogP contribution in [0.3, 0.4) is 0 Å². The third-order valence-electron chi connectivity index (χ3n) is 3.56.